The van der Waals surface area contributed by atoms with Crippen LogP contribution in [0, 0.1) is 0 Å². The number of carbonyl (C=O) groups is 1. The minimum absolute atomic E-state index is 0.260. The minimum atomic E-state index is 0.260. The summed E-state index contributed by atoms with van der Waals surface area (Å²) in [5.41, 5.74) is 0. The molecule has 1 aliphatic carbocycles. The van der Waals surface area contributed by atoms with Crippen molar-refractivity contribution in [1.82, 2.24) is 10.2 Å². The molecule has 0 atom stereocenters. The molecule has 0 aromatic heterocycles. The van der Waals surface area contributed by atoms with E-state index in [0.29, 0.717) is 12.6 Å². The van der Waals surface area contributed by atoms with Gasteiger partial charge in [0.2, 0.25) is 5.91 Å². The van der Waals surface area contributed by atoms with Crippen molar-refractivity contribution in [3.05, 3.63) is 0 Å². The van der Waals surface area contributed by atoms with Gasteiger partial charge in [-0.2, -0.15) is 11.8 Å². The summed E-state index contributed by atoms with van der Waals surface area (Å²) in [5, 5.41) is 3.17. The van der Waals surface area contributed by atoms with E-state index in [0.717, 1.165) is 18.8 Å². The second-order valence-corrected chi connectivity index (χ2v) is 4.57. The monoisotopic (exact) mass is 216 g/mol. The largest absolute Gasteiger partial charge is 0.339 e. The molecule has 1 saturated carbocycles. The van der Waals surface area contributed by atoms with Crippen LogP contribution in [0.3, 0.4) is 0 Å². The molecule has 0 aromatic carbocycles. The van der Waals surface area contributed by atoms with E-state index in [-0.39, 0.29) is 5.91 Å². The molecule has 0 radical (unpaired) electrons. The van der Waals surface area contributed by atoms with Gasteiger partial charge in [-0.1, -0.05) is 0 Å². The maximum Gasteiger partial charge on any atom is 0.236 e. The molecule has 0 spiro atoms. The fraction of sp³-hybridized carbons (Fsp3) is 0.900. The normalized spacial score (nSPS) is 15.6. The molecule has 14 heavy (non-hydrogen) atoms. The molecule has 0 heterocycles. The number of hydrogen-bond acceptors (Lipinski definition) is 3. The smallest absolute Gasteiger partial charge is 0.236 e. The van der Waals surface area contributed by atoms with E-state index < -0.39 is 0 Å². The van der Waals surface area contributed by atoms with Crippen LogP contribution in [0.4, 0.5) is 0 Å². The van der Waals surface area contributed by atoms with E-state index in [2.05, 4.69) is 18.5 Å². The summed E-state index contributed by atoms with van der Waals surface area (Å²) in [5.74, 6) is 1.33. The van der Waals surface area contributed by atoms with E-state index in [4.69, 9.17) is 0 Å². The van der Waals surface area contributed by atoms with Crippen LogP contribution in [0.2, 0.25) is 0 Å². The lowest BCUT2D eigenvalue weighted by Gasteiger charge is -2.20. The Balaban J connectivity index is 2.12. The molecule has 0 saturated heterocycles. The summed E-state index contributed by atoms with van der Waals surface area (Å²) < 4.78 is 0. The van der Waals surface area contributed by atoms with Crippen molar-refractivity contribution < 1.29 is 4.79 Å². The highest BCUT2D eigenvalue weighted by Crippen LogP contribution is 2.26. The summed E-state index contributed by atoms with van der Waals surface area (Å²) in [6.07, 6.45) is 4.47. The Morgan fingerprint density at radius 1 is 1.57 bits per heavy atom. The van der Waals surface area contributed by atoms with E-state index >= 15 is 0 Å². The zero-order chi connectivity index (χ0) is 10.4. The third-order valence-corrected chi connectivity index (χ3v) is 3.02. The SMILES string of the molecule is CCN(C(=O)CNCCSC)C1CC1. The molecule has 4 heteroatoms. The third-order valence-electron chi connectivity index (χ3n) is 2.41. The lowest BCUT2D eigenvalue weighted by Crippen LogP contribution is -2.39. The van der Waals surface area contributed by atoms with Crippen LogP contribution >= 0.6 is 11.8 Å². The first-order valence-electron chi connectivity index (χ1n) is 5.28. The van der Waals surface area contributed by atoms with Crippen LogP contribution in [0.5, 0.6) is 0 Å². The Labute approximate surface area is 90.6 Å². The third kappa shape index (κ3) is 3.88. The molecule has 0 aliphatic heterocycles. The second-order valence-electron chi connectivity index (χ2n) is 3.58. The number of rotatable bonds is 7. The average molecular weight is 216 g/mol. The minimum Gasteiger partial charge on any atom is -0.339 e. The van der Waals surface area contributed by atoms with Gasteiger partial charge in [-0.15, -0.1) is 0 Å². The van der Waals surface area contributed by atoms with E-state index in [9.17, 15) is 4.79 Å². The van der Waals surface area contributed by atoms with Crippen LogP contribution in [0.15, 0.2) is 0 Å². The van der Waals surface area contributed by atoms with Gasteiger partial charge in [-0.05, 0) is 26.0 Å². The predicted molar refractivity (Wildman–Crippen MR) is 61.7 cm³/mol. The lowest BCUT2D eigenvalue weighted by molar-refractivity contribution is -0.130. The number of carbonyl (C=O) groups excluding carboxylic acids is 1. The van der Waals surface area contributed by atoms with Crippen LogP contribution < -0.4 is 5.32 Å². The number of nitrogens with one attached hydrogen (secondary N) is 1. The van der Waals surface area contributed by atoms with Gasteiger partial charge in [0.1, 0.15) is 0 Å². The van der Waals surface area contributed by atoms with E-state index in [1.165, 1.54) is 12.8 Å². The van der Waals surface area contributed by atoms with Crippen LogP contribution in [-0.4, -0.2) is 48.5 Å². The molecule has 1 aliphatic rings. The van der Waals surface area contributed by atoms with Crippen LogP contribution in [-0.2, 0) is 4.79 Å². The van der Waals surface area contributed by atoms with Crippen molar-refractivity contribution in [3.8, 4) is 0 Å². The number of thioether (sulfide) groups is 1. The van der Waals surface area contributed by atoms with Crippen molar-refractivity contribution in [2.45, 2.75) is 25.8 Å². The van der Waals surface area contributed by atoms with Gasteiger partial charge in [-0.25, -0.2) is 0 Å². The fourth-order valence-corrected chi connectivity index (χ4v) is 1.84. The Morgan fingerprint density at radius 2 is 2.29 bits per heavy atom. The van der Waals surface area contributed by atoms with Crippen LogP contribution in [0.1, 0.15) is 19.8 Å². The van der Waals surface area contributed by atoms with Gasteiger partial charge in [0.15, 0.2) is 0 Å². The highest BCUT2D eigenvalue weighted by Gasteiger charge is 2.30. The molecule has 1 rings (SSSR count). The molecule has 82 valence electrons. The molecule has 1 fully saturated rings. The van der Waals surface area contributed by atoms with Crippen LogP contribution in [0.25, 0.3) is 0 Å². The Kier molecular flexibility index (Phi) is 5.33. The Bertz CT molecular complexity index is 183. The van der Waals surface area contributed by atoms with Crippen molar-refractivity contribution in [1.29, 1.82) is 0 Å². The van der Waals surface area contributed by atoms with Crippen molar-refractivity contribution >= 4 is 17.7 Å². The predicted octanol–water partition coefficient (Wildman–Crippen LogP) is 0.950. The quantitative estimate of drug-likeness (QED) is 0.643. The number of hydrogen-bond donors (Lipinski definition) is 1. The Hall–Kier alpha value is -0.220. The summed E-state index contributed by atoms with van der Waals surface area (Å²) in [6, 6.07) is 0.551. The number of amides is 1. The first kappa shape index (κ1) is 11.9. The zero-order valence-corrected chi connectivity index (χ0v) is 9.90. The van der Waals surface area contributed by atoms with Crippen molar-refractivity contribution in [2.75, 3.05) is 31.6 Å². The summed E-state index contributed by atoms with van der Waals surface area (Å²) in [7, 11) is 0. The van der Waals surface area contributed by atoms with Crippen molar-refractivity contribution in [2.24, 2.45) is 0 Å². The average Bonchev–Trinajstić information content (AvgIpc) is 2.98. The van der Waals surface area contributed by atoms with Gasteiger partial charge >= 0.3 is 0 Å². The van der Waals surface area contributed by atoms with Gasteiger partial charge in [-0.3, -0.25) is 4.79 Å². The first-order chi connectivity index (χ1) is 6.79. The fourth-order valence-electron chi connectivity index (χ4n) is 1.50. The van der Waals surface area contributed by atoms with Gasteiger partial charge < -0.3 is 10.2 Å². The van der Waals surface area contributed by atoms with Gasteiger partial charge in [0, 0.05) is 24.9 Å². The number of nitrogens with zero attached hydrogens (tertiary/aromatic N) is 1. The molecule has 1 N–H and O–H groups in total. The second kappa shape index (κ2) is 6.30. The van der Waals surface area contributed by atoms with Crippen molar-refractivity contribution in [3.63, 3.8) is 0 Å². The summed E-state index contributed by atoms with van der Waals surface area (Å²) in [6.45, 7) is 4.34. The summed E-state index contributed by atoms with van der Waals surface area (Å²) >= 11 is 1.80. The topological polar surface area (TPSA) is 32.3 Å². The maximum absolute atomic E-state index is 11.7. The summed E-state index contributed by atoms with van der Waals surface area (Å²) in [4.78, 5) is 13.7. The maximum atomic E-state index is 11.7. The zero-order valence-electron chi connectivity index (χ0n) is 9.08. The molecule has 0 aromatic rings. The molecule has 1 amide bonds. The molecule has 0 bridgehead atoms. The van der Waals surface area contributed by atoms with Gasteiger partial charge in [0.25, 0.3) is 0 Å². The highest BCUT2D eigenvalue weighted by molar-refractivity contribution is 7.98. The number of likely N-dealkylation sites (N-methyl/N-ethyl adjacent to an activating group) is 1. The van der Waals surface area contributed by atoms with E-state index in [1.54, 1.807) is 11.8 Å². The molecule has 0 unspecified atom stereocenters. The molecular formula is C10H20N2OS. The molecular weight excluding hydrogens is 196 g/mol. The standard InChI is InChI=1S/C10H20N2OS/c1-3-12(9-4-5-9)10(13)8-11-6-7-14-2/h9,11H,3-8H2,1-2H3. The highest BCUT2D eigenvalue weighted by atomic mass is 32.2. The van der Waals surface area contributed by atoms with Gasteiger partial charge in [0.05, 0.1) is 6.54 Å². The molecule has 3 nitrogen and oxygen atoms in total. The first-order valence-corrected chi connectivity index (χ1v) is 6.68. The Morgan fingerprint density at radius 3 is 2.79 bits per heavy atom. The van der Waals surface area contributed by atoms with E-state index in [1.807, 2.05) is 4.90 Å². The lowest BCUT2D eigenvalue weighted by atomic mass is 10.4.